The molecule has 1 aromatic rings. The molecular formula is C12H17FN4O4. The zero-order valence-electron chi connectivity index (χ0n) is 11.7. The van der Waals surface area contributed by atoms with Gasteiger partial charge in [0.1, 0.15) is 11.5 Å². The highest BCUT2D eigenvalue weighted by molar-refractivity contribution is 5.74. The minimum atomic E-state index is -0.691. The van der Waals surface area contributed by atoms with Gasteiger partial charge in [-0.25, -0.2) is 9.18 Å². The highest BCUT2D eigenvalue weighted by Crippen LogP contribution is 2.24. The lowest BCUT2D eigenvalue weighted by Crippen LogP contribution is -2.46. The summed E-state index contributed by atoms with van der Waals surface area (Å²) < 4.78 is 18.0. The average molecular weight is 300 g/mol. The van der Waals surface area contributed by atoms with Crippen LogP contribution in [-0.4, -0.2) is 44.3 Å². The van der Waals surface area contributed by atoms with Gasteiger partial charge >= 0.3 is 6.03 Å². The molecule has 3 N–H and O–H groups in total. The number of carbonyl (C=O) groups excluding carboxylic acids is 1. The predicted octanol–water partition coefficient (Wildman–Crippen LogP) is 1.09. The predicted molar refractivity (Wildman–Crippen MR) is 74.8 cm³/mol. The molecule has 0 spiro atoms. The molecule has 0 heterocycles. The Morgan fingerprint density at radius 3 is 2.81 bits per heavy atom. The molecule has 0 saturated carbocycles. The second-order valence-corrected chi connectivity index (χ2v) is 4.18. The molecule has 8 nitrogen and oxygen atoms in total. The van der Waals surface area contributed by atoms with Gasteiger partial charge < -0.3 is 20.7 Å². The Bertz CT molecular complexity index is 512. The van der Waals surface area contributed by atoms with Crippen LogP contribution < -0.4 is 16.0 Å². The van der Waals surface area contributed by atoms with Crippen LogP contribution in [0.4, 0.5) is 20.6 Å². The van der Waals surface area contributed by atoms with Gasteiger partial charge in [0.2, 0.25) is 0 Å². The standard InChI is InChI=1S/C12H17FN4O4/c1-14-12(18)16-9(7-21-2)6-15-10-4-3-8(13)5-11(10)17(19)20/h3-5,9,15H,6-7H2,1-2H3,(H2,14,16,18). The number of amides is 2. The summed E-state index contributed by atoms with van der Waals surface area (Å²) >= 11 is 0. The van der Waals surface area contributed by atoms with Crippen LogP contribution in [0.25, 0.3) is 0 Å². The van der Waals surface area contributed by atoms with Crippen molar-refractivity contribution in [2.75, 3.05) is 32.6 Å². The molecule has 0 aliphatic heterocycles. The van der Waals surface area contributed by atoms with Gasteiger partial charge in [-0.1, -0.05) is 0 Å². The molecule has 116 valence electrons. The minimum absolute atomic E-state index is 0.168. The number of rotatable bonds is 7. The first-order chi connectivity index (χ1) is 9.97. The molecule has 1 aromatic carbocycles. The van der Waals surface area contributed by atoms with Crippen molar-refractivity contribution < 1.29 is 18.8 Å². The van der Waals surface area contributed by atoms with Crippen LogP contribution in [0.3, 0.4) is 0 Å². The molecule has 0 aliphatic carbocycles. The fourth-order valence-corrected chi connectivity index (χ4v) is 1.65. The van der Waals surface area contributed by atoms with E-state index in [-0.39, 0.29) is 24.5 Å². The van der Waals surface area contributed by atoms with E-state index in [1.165, 1.54) is 20.2 Å². The van der Waals surface area contributed by atoms with Crippen molar-refractivity contribution in [1.82, 2.24) is 10.6 Å². The van der Waals surface area contributed by atoms with E-state index in [1.807, 2.05) is 0 Å². The summed E-state index contributed by atoms with van der Waals surface area (Å²) in [6.07, 6.45) is 0. The van der Waals surface area contributed by atoms with Crippen LogP contribution in [0, 0.1) is 15.9 Å². The van der Waals surface area contributed by atoms with Crippen LogP contribution in [0.2, 0.25) is 0 Å². The minimum Gasteiger partial charge on any atom is -0.382 e. The molecule has 1 atom stereocenters. The first-order valence-corrected chi connectivity index (χ1v) is 6.13. The van der Waals surface area contributed by atoms with Crippen LogP contribution >= 0.6 is 0 Å². The molecule has 0 aliphatic rings. The van der Waals surface area contributed by atoms with Gasteiger partial charge in [-0.2, -0.15) is 0 Å². The Kier molecular flexibility index (Phi) is 6.34. The number of nitrogens with one attached hydrogen (secondary N) is 3. The molecule has 21 heavy (non-hydrogen) atoms. The number of benzene rings is 1. The molecule has 2 amide bonds. The van der Waals surface area contributed by atoms with Crippen LogP contribution in [0.15, 0.2) is 18.2 Å². The molecule has 0 saturated heterocycles. The lowest BCUT2D eigenvalue weighted by Gasteiger charge is -2.18. The summed E-state index contributed by atoms with van der Waals surface area (Å²) in [5.74, 6) is -0.691. The number of hydrogen-bond donors (Lipinski definition) is 3. The second kappa shape index (κ2) is 8.00. The van der Waals surface area contributed by atoms with Gasteiger partial charge in [0.25, 0.3) is 5.69 Å². The molecule has 0 radical (unpaired) electrons. The Balaban J connectivity index is 2.75. The third-order valence-electron chi connectivity index (χ3n) is 2.63. The molecule has 1 rings (SSSR count). The number of halogens is 1. The maximum absolute atomic E-state index is 13.0. The van der Waals surface area contributed by atoms with Gasteiger partial charge in [-0.15, -0.1) is 0 Å². The summed E-state index contributed by atoms with van der Waals surface area (Å²) in [5.41, 5.74) is -0.202. The number of urea groups is 1. The van der Waals surface area contributed by atoms with E-state index in [1.54, 1.807) is 0 Å². The van der Waals surface area contributed by atoms with E-state index < -0.39 is 22.8 Å². The van der Waals surface area contributed by atoms with Crippen LogP contribution in [-0.2, 0) is 4.74 Å². The van der Waals surface area contributed by atoms with E-state index in [4.69, 9.17) is 4.74 Å². The number of ether oxygens (including phenoxy) is 1. The first-order valence-electron chi connectivity index (χ1n) is 6.13. The zero-order chi connectivity index (χ0) is 15.8. The fraction of sp³-hybridized carbons (Fsp3) is 0.417. The third kappa shape index (κ3) is 5.22. The van der Waals surface area contributed by atoms with Crippen molar-refractivity contribution in [3.63, 3.8) is 0 Å². The SMILES string of the molecule is CNC(=O)NC(CNc1ccc(F)cc1[N+](=O)[O-])COC. The smallest absolute Gasteiger partial charge is 0.314 e. The lowest BCUT2D eigenvalue weighted by atomic mass is 10.2. The van der Waals surface area contributed by atoms with E-state index in [9.17, 15) is 19.3 Å². The van der Waals surface area contributed by atoms with Crippen LogP contribution in [0.1, 0.15) is 0 Å². The number of methoxy groups -OCH3 is 1. The molecule has 0 aromatic heterocycles. The average Bonchev–Trinajstić information content (AvgIpc) is 2.45. The van der Waals surface area contributed by atoms with Gasteiger partial charge in [-0.3, -0.25) is 10.1 Å². The van der Waals surface area contributed by atoms with Crippen molar-refractivity contribution in [2.24, 2.45) is 0 Å². The second-order valence-electron chi connectivity index (χ2n) is 4.18. The third-order valence-corrected chi connectivity index (χ3v) is 2.63. The topological polar surface area (TPSA) is 106 Å². The molecule has 0 bridgehead atoms. The Morgan fingerprint density at radius 1 is 1.52 bits per heavy atom. The Morgan fingerprint density at radius 2 is 2.24 bits per heavy atom. The number of nitro benzene ring substituents is 1. The molecule has 1 unspecified atom stereocenters. The molecule has 9 heteroatoms. The monoisotopic (exact) mass is 300 g/mol. The van der Waals surface area contributed by atoms with Crippen molar-refractivity contribution in [3.05, 3.63) is 34.1 Å². The van der Waals surface area contributed by atoms with E-state index in [2.05, 4.69) is 16.0 Å². The van der Waals surface area contributed by atoms with Gasteiger partial charge in [0.05, 0.1) is 23.6 Å². The van der Waals surface area contributed by atoms with Crippen molar-refractivity contribution in [2.45, 2.75) is 6.04 Å². The highest BCUT2D eigenvalue weighted by Gasteiger charge is 2.17. The van der Waals surface area contributed by atoms with Gasteiger partial charge in [0.15, 0.2) is 0 Å². The largest absolute Gasteiger partial charge is 0.382 e. The number of nitro groups is 1. The quantitative estimate of drug-likeness (QED) is 0.516. The fourth-order valence-electron chi connectivity index (χ4n) is 1.65. The Labute approximate surface area is 120 Å². The van der Waals surface area contributed by atoms with E-state index >= 15 is 0 Å². The van der Waals surface area contributed by atoms with E-state index in [0.29, 0.717) is 0 Å². The lowest BCUT2D eigenvalue weighted by molar-refractivity contribution is -0.384. The van der Waals surface area contributed by atoms with Gasteiger partial charge in [-0.05, 0) is 12.1 Å². The van der Waals surface area contributed by atoms with Gasteiger partial charge in [0, 0.05) is 20.7 Å². The maximum Gasteiger partial charge on any atom is 0.314 e. The summed E-state index contributed by atoms with van der Waals surface area (Å²) in [6, 6.07) is 2.43. The van der Waals surface area contributed by atoms with Crippen LogP contribution in [0.5, 0.6) is 0 Å². The summed E-state index contributed by atoms with van der Waals surface area (Å²) in [4.78, 5) is 21.5. The number of anilines is 1. The Hall–Kier alpha value is -2.42. The molecular weight excluding hydrogens is 283 g/mol. The summed E-state index contributed by atoms with van der Waals surface area (Å²) in [5, 5.41) is 18.7. The van der Waals surface area contributed by atoms with Crippen molar-refractivity contribution >= 4 is 17.4 Å². The van der Waals surface area contributed by atoms with E-state index in [0.717, 1.165) is 12.1 Å². The highest BCUT2D eigenvalue weighted by atomic mass is 19.1. The first kappa shape index (κ1) is 16.6. The molecule has 0 fully saturated rings. The number of hydrogen-bond acceptors (Lipinski definition) is 5. The summed E-state index contributed by atoms with van der Waals surface area (Å²) in [7, 11) is 2.94. The number of nitrogens with zero attached hydrogens (tertiary/aromatic N) is 1. The normalized spacial score (nSPS) is 11.6. The van der Waals surface area contributed by atoms with Crippen molar-refractivity contribution in [3.8, 4) is 0 Å². The summed E-state index contributed by atoms with van der Waals surface area (Å²) in [6.45, 7) is 0.406. The maximum atomic E-state index is 13.0. The van der Waals surface area contributed by atoms with Crippen molar-refractivity contribution in [1.29, 1.82) is 0 Å². The number of carbonyl (C=O) groups is 1. The zero-order valence-corrected chi connectivity index (χ0v) is 11.7.